The molecule has 1 aromatic heterocycles. The maximum atomic E-state index is 14.7. The van der Waals surface area contributed by atoms with Gasteiger partial charge in [0.2, 0.25) is 0 Å². The number of hydrogen-bond acceptors (Lipinski definition) is 12. The molecule has 13 heteroatoms. The van der Waals surface area contributed by atoms with Crippen LogP contribution in [0.1, 0.15) is 96.4 Å². The summed E-state index contributed by atoms with van der Waals surface area (Å²) in [6.07, 6.45) is -2.51. The summed E-state index contributed by atoms with van der Waals surface area (Å²) in [5, 5.41) is 11.8. The summed E-state index contributed by atoms with van der Waals surface area (Å²) in [5.41, 5.74) is 0.188. The number of fused-ring (bicyclic) bond motifs is 1. The van der Waals surface area contributed by atoms with Gasteiger partial charge in [0.15, 0.2) is 17.7 Å². The smallest absolute Gasteiger partial charge is 0.410 e. The highest BCUT2D eigenvalue weighted by Gasteiger charge is 2.60. The average Bonchev–Trinajstić information content (AvgIpc) is 3.69. The number of benzene rings is 1. The standard InChI is InChI=1S/C48H68N4O8S/c1-12-38-48(8)42-31(4)39(49-23-24-52(42)46(56)60-48)29(2)26-47(7,22-16-19-35-20-21-36(61-35)28-51(11)27-34-17-14-13-15-18-34)43(32(5)40(53)33(6)44(55)58-38)59-45-41(54)37(50(9)10)25-30(3)57-45/h13-15,17-18,20-21,29-33,37-38,41-43,45,54H,12,22-28H2,1-11H3/t29-,30-,31+,32+,33-,37+,38-,41-,42-,43-,45+,47+,48-/m1/s1. The Balaban J connectivity index is 1.39. The molecule has 1 aromatic carbocycles. The number of thiophene rings is 1. The number of esters is 1. The van der Waals surface area contributed by atoms with Gasteiger partial charge in [0.05, 0.1) is 29.7 Å². The van der Waals surface area contributed by atoms with Gasteiger partial charge in [-0.2, -0.15) is 0 Å². The minimum absolute atomic E-state index is 0.141. The van der Waals surface area contributed by atoms with Crippen molar-refractivity contribution in [2.75, 3.05) is 34.2 Å². The van der Waals surface area contributed by atoms with Crippen molar-refractivity contribution in [1.82, 2.24) is 14.7 Å². The zero-order valence-electron chi connectivity index (χ0n) is 38.1. The van der Waals surface area contributed by atoms with Crippen LogP contribution in [-0.4, -0.2) is 126 Å². The first-order chi connectivity index (χ1) is 28.9. The first-order valence-corrected chi connectivity index (χ1v) is 22.9. The minimum atomic E-state index is -1.17. The van der Waals surface area contributed by atoms with E-state index in [9.17, 15) is 19.5 Å². The summed E-state index contributed by atoms with van der Waals surface area (Å²) in [7, 11) is 5.97. The quantitative estimate of drug-likeness (QED) is 0.163. The molecule has 6 rings (SSSR count). The van der Waals surface area contributed by atoms with Gasteiger partial charge in [-0.1, -0.05) is 76.8 Å². The molecule has 4 aliphatic heterocycles. The lowest BCUT2D eigenvalue weighted by molar-refractivity contribution is -0.286. The van der Waals surface area contributed by atoms with Gasteiger partial charge >= 0.3 is 12.1 Å². The number of aliphatic hydroxyl groups excluding tert-OH is 1. The van der Waals surface area contributed by atoms with Crippen molar-refractivity contribution in [1.29, 1.82) is 0 Å². The number of cyclic esters (lactones) is 1. The molecule has 13 atom stereocenters. The number of carbonyl (C=O) groups excluding carboxylic acids is 3. The molecular weight excluding hydrogens is 793 g/mol. The summed E-state index contributed by atoms with van der Waals surface area (Å²) in [4.78, 5) is 55.6. The van der Waals surface area contributed by atoms with E-state index < -0.39 is 65.6 Å². The molecule has 0 spiro atoms. The number of ketones is 1. The lowest BCUT2D eigenvalue weighted by Crippen LogP contribution is -2.58. The molecule has 4 aliphatic rings. The highest BCUT2D eigenvalue weighted by molar-refractivity contribution is 7.12. The lowest BCUT2D eigenvalue weighted by atomic mass is 9.66. The lowest BCUT2D eigenvalue weighted by Gasteiger charge is -2.47. The van der Waals surface area contributed by atoms with Gasteiger partial charge in [0, 0.05) is 59.9 Å². The molecule has 1 N–H and O–H groups in total. The Morgan fingerprint density at radius 1 is 1.00 bits per heavy atom. The highest BCUT2D eigenvalue weighted by Crippen LogP contribution is 2.46. The van der Waals surface area contributed by atoms with Crippen LogP contribution in [0.5, 0.6) is 0 Å². The molecule has 0 aliphatic carbocycles. The molecule has 0 radical (unpaired) electrons. The molecule has 0 unspecified atom stereocenters. The summed E-state index contributed by atoms with van der Waals surface area (Å²) in [5.74, 6) is 3.55. The normalized spacial score (nSPS) is 36.1. The number of carbonyl (C=O) groups is 3. The monoisotopic (exact) mass is 860 g/mol. The molecule has 1 amide bonds. The second kappa shape index (κ2) is 19.4. The van der Waals surface area contributed by atoms with Crippen molar-refractivity contribution in [3.05, 3.63) is 57.8 Å². The fraction of sp³-hybridized carbons (Fsp3) is 0.667. The predicted molar refractivity (Wildman–Crippen MR) is 237 cm³/mol. The van der Waals surface area contributed by atoms with E-state index in [-0.39, 0.29) is 29.8 Å². The number of nitrogens with zero attached hydrogens (tertiary/aromatic N) is 4. The van der Waals surface area contributed by atoms with Crippen LogP contribution in [0.4, 0.5) is 4.79 Å². The summed E-state index contributed by atoms with van der Waals surface area (Å²) in [6.45, 7) is 17.8. The number of amides is 1. The topological polar surface area (TPSA) is 130 Å². The van der Waals surface area contributed by atoms with Gasteiger partial charge in [0.1, 0.15) is 18.1 Å². The van der Waals surface area contributed by atoms with Crippen LogP contribution >= 0.6 is 11.3 Å². The van der Waals surface area contributed by atoms with E-state index in [1.807, 2.05) is 45.8 Å². The average molecular weight is 861 g/mol. The van der Waals surface area contributed by atoms with Crippen molar-refractivity contribution >= 4 is 34.9 Å². The van der Waals surface area contributed by atoms with Crippen LogP contribution in [0.2, 0.25) is 0 Å². The van der Waals surface area contributed by atoms with E-state index in [2.05, 4.69) is 81.0 Å². The molecule has 5 heterocycles. The number of hydrogen-bond donors (Lipinski definition) is 1. The van der Waals surface area contributed by atoms with Gasteiger partial charge in [-0.25, -0.2) is 4.79 Å². The first kappa shape index (κ1) is 46.9. The van der Waals surface area contributed by atoms with E-state index in [4.69, 9.17) is 23.9 Å². The minimum Gasteiger partial charge on any atom is -0.458 e. The van der Waals surface area contributed by atoms with Crippen LogP contribution < -0.4 is 0 Å². The van der Waals surface area contributed by atoms with Crippen LogP contribution in [0.15, 0.2) is 47.5 Å². The fourth-order valence-electron chi connectivity index (χ4n) is 10.5. The number of aliphatic hydroxyl groups is 1. The molecule has 12 nitrogen and oxygen atoms in total. The van der Waals surface area contributed by atoms with E-state index in [0.717, 1.165) is 23.7 Å². The Bertz CT molecular complexity index is 1960. The van der Waals surface area contributed by atoms with E-state index in [0.29, 0.717) is 38.8 Å². The second-order valence-corrected chi connectivity index (χ2v) is 20.0. The third-order valence-corrected chi connectivity index (χ3v) is 14.6. The number of ether oxygens (including phenoxy) is 4. The fourth-order valence-corrected chi connectivity index (χ4v) is 11.5. The molecule has 2 bridgehead atoms. The van der Waals surface area contributed by atoms with Crippen LogP contribution in [-0.2, 0) is 41.6 Å². The van der Waals surface area contributed by atoms with Gasteiger partial charge < -0.3 is 29.0 Å². The van der Waals surface area contributed by atoms with Gasteiger partial charge in [0.25, 0.3) is 0 Å². The predicted octanol–water partition coefficient (Wildman–Crippen LogP) is 6.81. The summed E-state index contributed by atoms with van der Waals surface area (Å²) >= 11 is 1.66. The maximum absolute atomic E-state index is 14.7. The largest absolute Gasteiger partial charge is 0.458 e. The second-order valence-electron chi connectivity index (χ2n) is 18.8. The SMILES string of the molecule is CC[C@H]1OC(=O)[C@H](C)C(=O)[C@H](C)[C@@H](O[C@@H]2O[C@H](C)C[C@H](N(C)C)[C@H]2O)[C@@](C)(CC#Cc2ccc(CN(C)Cc3ccccc3)s2)C[C@@H](C)C2=NCCN3C(=O)O[C@@]1(C)[C@H]3[C@H]2C. The molecule has 3 fully saturated rings. The maximum Gasteiger partial charge on any atom is 0.410 e. The van der Waals surface area contributed by atoms with E-state index in [1.54, 1.807) is 30.1 Å². The Morgan fingerprint density at radius 3 is 2.41 bits per heavy atom. The van der Waals surface area contributed by atoms with E-state index in [1.165, 1.54) is 10.4 Å². The summed E-state index contributed by atoms with van der Waals surface area (Å²) in [6, 6.07) is 13.9. The zero-order chi connectivity index (χ0) is 44.4. The molecule has 61 heavy (non-hydrogen) atoms. The number of likely N-dealkylation sites (N-methyl/N-ethyl adjacent to an activating group) is 1. The number of Topliss-reactive ketones (excluding diaryl/α,β-unsaturated/α-hetero) is 1. The van der Waals surface area contributed by atoms with Gasteiger partial charge in [-0.3, -0.25) is 24.4 Å². The Kier molecular flexibility index (Phi) is 14.9. The molecular formula is C48H68N4O8S. The van der Waals surface area contributed by atoms with Gasteiger partial charge in [-0.05, 0) is 84.8 Å². The van der Waals surface area contributed by atoms with Crippen LogP contribution in [0.3, 0.4) is 0 Å². The first-order valence-electron chi connectivity index (χ1n) is 22.1. The van der Waals surface area contributed by atoms with Crippen molar-refractivity contribution < 1.29 is 38.4 Å². The number of rotatable bonds is 9. The van der Waals surface area contributed by atoms with Crippen LogP contribution in [0, 0.1) is 40.9 Å². The van der Waals surface area contributed by atoms with Crippen molar-refractivity contribution in [2.24, 2.45) is 34.1 Å². The van der Waals surface area contributed by atoms with Crippen molar-refractivity contribution in [3.8, 4) is 11.8 Å². The third-order valence-electron chi connectivity index (χ3n) is 13.6. The Hall–Kier alpha value is -3.64. The Labute approximate surface area is 367 Å². The summed E-state index contributed by atoms with van der Waals surface area (Å²) < 4.78 is 25.7. The molecule has 0 saturated carbocycles. The molecule has 3 saturated heterocycles. The zero-order valence-corrected chi connectivity index (χ0v) is 38.9. The van der Waals surface area contributed by atoms with Crippen LogP contribution in [0.25, 0.3) is 0 Å². The highest BCUT2D eigenvalue weighted by atomic mass is 32.1. The van der Waals surface area contributed by atoms with Crippen molar-refractivity contribution in [3.63, 3.8) is 0 Å². The Morgan fingerprint density at radius 2 is 1.72 bits per heavy atom. The number of aliphatic imine (C=N–C) groups is 1. The van der Waals surface area contributed by atoms with Gasteiger partial charge in [-0.15, -0.1) is 11.3 Å². The van der Waals surface area contributed by atoms with Crippen molar-refractivity contribution in [2.45, 2.75) is 143 Å². The van der Waals surface area contributed by atoms with E-state index >= 15 is 0 Å². The molecule has 2 aromatic rings. The molecule has 334 valence electrons. The third kappa shape index (κ3) is 10.1.